The van der Waals surface area contributed by atoms with E-state index in [0.29, 0.717) is 19.6 Å². The highest BCUT2D eigenvalue weighted by Crippen LogP contribution is 2.05. The lowest BCUT2D eigenvalue weighted by Gasteiger charge is -2.20. The molecular weight excluding hydrogens is 196 g/mol. The Hall–Kier alpha value is -1.26. The van der Waals surface area contributed by atoms with Crippen molar-refractivity contribution >= 4 is 12.5 Å². The van der Waals surface area contributed by atoms with E-state index in [1.807, 2.05) is 6.92 Å². The number of likely N-dealkylation sites (N-methyl/N-ethyl adjacent to an activating group) is 1. The molecule has 0 aromatic rings. The summed E-state index contributed by atoms with van der Waals surface area (Å²) in [5.41, 5.74) is -0.487. The molecule has 0 aliphatic carbocycles. The predicted molar refractivity (Wildman–Crippen MR) is 57.5 cm³/mol. The zero-order chi connectivity index (χ0) is 11.9. The van der Waals surface area contributed by atoms with Crippen LogP contribution in [0.5, 0.6) is 0 Å². The number of carbonyl (C=O) groups is 2. The number of amides is 2. The van der Waals surface area contributed by atoms with Gasteiger partial charge in [0.1, 0.15) is 5.60 Å². The van der Waals surface area contributed by atoms with Crippen LogP contribution in [0.3, 0.4) is 0 Å². The summed E-state index contributed by atoms with van der Waals surface area (Å²) in [5.74, 6) is 0. The molecule has 0 aromatic carbocycles. The first-order valence-corrected chi connectivity index (χ1v) is 5.05. The fraction of sp³-hybridized carbons (Fsp3) is 0.800. The van der Waals surface area contributed by atoms with Crippen molar-refractivity contribution in [1.29, 1.82) is 0 Å². The number of hydrogen-bond donors (Lipinski definition) is 1. The van der Waals surface area contributed by atoms with E-state index in [9.17, 15) is 9.59 Å². The molecule has 0 rings (SSSR count). The summed E-state index contributed by atoms with van der Waals surface area (Å²) in [6.07, 6.45) is 0.306. The average molecular weight is 216 g/mol. The van der Waals surface area contributed by atoms with Crippen LogP contribution < -0.4 is 5.32 Å². The molecule has 88 valence electrons. The normalized spacial score (nSPS) is 10.7. The summed E-state index contributed by atoms with van der Waals surface area (Å²) in [6, 6.07) is 0. The number of nitrogens with one attached hydrogen (secondary N) is 1. The molecule has 0 unspecified atom stereocenters. The zero-order valence-electron chi connectivity index (χ0n) is 9.87. The molecule has 2 amide bonds. The summed E-state index contributed by atoms with van der Waals surface area (Å²) in [6.45, 7) is 8.82. The molecule has 15 heavy (non-hydrogen) atoms. The smallest absolute Gasteiger partial charge is 0.407 e. The van der Waals surface area contributed by atoms with Gasteiger partial charge < -0.3 is 15.0 Å². The number of carbonyl (C=O) groups excluding carboxylic acids is 2. The summed E-state index contributed by atoms with van der Waals surface area (Å²) < 4.78 is 5.03. The Balaban J connectivity index is 3.68. The Kier molecular flexibility index (Phi) is 5.74. The number of hydrogen-bond acceptors (Lipinski definition) is 3. The van der Waals surface area contributed by atoms with E-state index in [2.05, 4.69) is 5.32 Å². The lowest BCUT2D eigenvalue weighted by molar-refractivity contribution is -0.117. The van der Waals surface area contributed by atoms with E-state index in [-0.39, 0.29) is 0 Å². The number of rotatable bonds is 5. The van der Waals surface area contributed by atoms with Crippen molar-refractivity contribution in [3.8, 4) is 0 Å². The van der Waals surface area contributed by atoms with Crippen LogP contribution in [0.25, 0.3) is 0 Å². The van der Waals surface area contributed by atoms with Crippen LogP contribution in [0, 0.1) is 0 Å². The molecule has 0 saturated heterocycles. The van der Waals surface area contributed by atoms with Crippen molar-refractivity contribution in [2.45, 2.75) is 33.3 Å². The van der Waals surface area contributed by atoms with Gasteiger partial charge in [0.2, 0.25) is 6.41 Å². The van der Waals surface area contributed by atoms with Gasteiger partial charge in [0.25, 0.3) is 0 Å². The van der Waals surface area contributed by atoms with E-state index >= 15 is 0 Å². The van der Waals surface area contributed by atoms with Crippen LogP contribution in [-0.4, -0.2) is 42.6 Å². The average Bonchev–Trinajstić information content (AvgIpc) is 2.09. The van der Waals surface area contributed by atoms with Crippen LogP contribution in [0.4, 0.5) is 4.79 Å². The monoisotopic (exact) mass is 216 g/mol. The first kappa shape index (κ1) is 13.7. The minimum absolute atomic E-state index is 0.404. The van der Waals surface area contributed by atoms with Gasteiger partial charge in [-0.1, -0.05) is 0 Å². The maximum atomic E-state index is 11.2. The van der Waals surface area contributed by atoms with Crippen molar-refractivity contribution in [2.24, 2.45) is 0 Å². The van der Waals surface area contributed by atoms with Gasteiger partial charge in [-0.3, -0.25) is 4.79 Å². The molecule has 0 spiro atoms. The quantitative estimate of drug-likeness (QED) is 0.697. The predicted octanol–water partition coefficient (Wildman–Crippen LogP) is 0.989. The molecule has 0 heterocycles. The zero-order valence-corrected chi connectivity index (χ0v) is 9.87. The lowest BCUT2D eigenvalue weighted by Crippen LogP contribution is -2.37. The summed E-state index contributed by atoms with van der Waals surface area (Å²) >= 11 is 0. The first-order valence-electron chi connectivity index (χ1n) is 5.05. The molecule has 0 saturated carbocycles. The Morgan fingerprint density at radius 1 is 1.47 bits per heavy atom. The SMILES string of the molecule is CCN(C=O)CCNC(=O)OC(C)(C)C. The number of ether oxygens (including phenoxy) is 1. The van der Waals surface area contributed by atoms with E-state index in [1.165, 1.54) is 0 Å². The fourth-order valence-electron chi connectivity index (χ4n) is 0.901. The third-order valence-corrected chi connectivity index (χ3v) is 1.62. The van der Waals surface area contributed by atoms with E-state index in [1.54, 1.807) is 25.7 Å². The number of alkyl carbamates (subject to hydrolysis) is 1. The minimum atomic E-state index is -0.487. The summed E-state index contributed by atoms with van der Waals surface area (Å²) in [7, 11) is 0. The van der Waals surface area contributed by atoms with Crippen molar-refractivity contribution in [1.82, 2.24) is 10.2 Å². The highest BCUT2D eigenvalue weighted by atomic mass is 16.6. The van der Waals surface area contributed by atoms with Gasteiger partial charge in [0, 0.05) is 19.6 Å². The lowest BCUT2D eigenvalue weighted by atomic mass is 10.2. The Labute approximate surface area is 90.8 Å². The maximum Gasteiger partial charge on any atom is 0.407 e. The van der Waals surface area contributed by atoms with Crippen molar-refractivity contribution in [2.75, 3.05) is 19.6 Å². The molecule has 0 aliphatic rings. The highest BCUT2D eigenvalue weighted by molar-refractivity contribution is 5.67. The molecular formula is C10H20N2O3. The van der Waals surface area contributed by atoms with Gasteiger partial charge in [-0.2, -0.15) is 0 Å². The fourth-order valence-corrected chi connectivity index (χ4v) is 0.901. The molecule has 1 N–H and O–H groups in total. The number of nitrogens with zero attached hydrogens (tertiary/aromatic N) is 1. The molecule has 0 bridgehead atoms. The molecule has 0 aromatic heterocycles. The largest absolute Gasteiger partial charge is 0.444 e. The Morgan fingerprint density at radius 3 is 2.47 bits per heavy atom. The Bertz CT molecular complexity index is 211. The highest BCUT2D eigenvalue weighted by Gasteiger charge is 2.15. The second kappa shape index (κ2) is 6.27. The molecule has 0 aliphatic heterocycles. The van der Waals surface area contributed by atoms with Crippen LogP contribution in [0.15, 0.2) is 0 Å². The third-order valence-electron chi connectivity index (χ3n) is 1.62. The van der Waals surface area contributed by atoms with Crippen molar-refractivity contribution in [3.05, 3.63) is 0 Å². The minimum Gasteiger partial charge on any atom is -0.444 e. The van der Waals surface area contributed by atoms with Gasteiger partial charge in [-0.15, -0.1) is 0 Å². The molecule has 0 radical (unpaired) electrons. The summed E-state index contributed by atoms with van der Waals surface area (Å²) in [4.78, 5) is 23.2. The van der Waals surface area contributed by atoms with Gasteiger partial charge in [0.05, 0.1) is 0 Å². The molecule has 0 fully saturated rings. The Morgan fingerprint density at radius 2 is 2.07 bits per heavy atom. The molecule has 5 heteroatoms. The van der Waals surface area contributed by atoms with Gasteiger partial charge in [-0.05, 0) is 27.7 Å². The molecule has 5 nitrogen and oxygen atoms in total. The standard InChI is InChI=1S/C10H20N2O3/c1-5-12(8-13)7-6-11-9(14)15-10(2,3)4/h8H,5-7H2,1-4H3,(H,11,14). The van der Waals surface area contributed by atoms with Crippen LogP contribution in [-0.2, 0) is 9.53 Å². The van der Waals surface area contributed by atoms with Crippen molar-refractivity contribution < 1.29 is 14.3 Å². The first-order chi connectivity index (χ1) is 6.89. The van der Waals surface area contributed by atoms with E-state index in [4.69, 9.17) is 4.74 Å². The van der Waals surface area contributed by atoms with Crippen LogP contribution in [0.1, 0.15) is 27.7 Å². The van der Waals surface area contributed by atoms with Gasteiger partial charge >= 0.3 is 6.09 Å². The van der Waals surface area contributed by atoms with Gasteiger partial charge in [0.15, 0.2) is 0 Å². The summed E-state index contributed by atoms with van der Waals surface area (Å²) in [5, 5.41) is 2.58. The van der Waals surface area contributed by atoms with E-state index < -0.39 is 11.7 Å². The van der Waals surface area contributed by atoms with Crippen LogP contribution >= 0.6 is 0 Å². The second-order valence-electron chi connectivity index (χ2n) is 4.16. The maximum absolute atomic E-state index is 11.2. The second-order valence-corrected chi connectivity index (χ2v) is 4.16. The van der Waals surface area contributed by atoms with Gasteiger partial charge in [-0.25, -0.2) is 4.79 Å². The topological polar surface area (TPSA) is 58.6 Å². The van der Waals surface area contributed by atoms with Crippen LogP contribution in [0.2, 0.25) is 0 Å². The third kappa shape index (κ3) is 7.78. The van der Waals surface area contributed by atoms with Crippen molar-refractivity contribution in [3.63, 3.8) is 0 Å². The molecule has 0 atom stereocenters. The van der Waals surface area contributed by atoms with E-state index in [0.717, 1.165) is 6.41 Å².